The van der Waals surface area contributed by atoms with E-state index in [9.17, 15) is 0 Å². The summed E-state index contributed by atoms with van der Waals surface area (Å²) in [5.74, 6) is 0. The molecule has 4 rings (SSSR count). The first-order chi connectivity index (χ1) is 10.4. The molecule has 1 N–H and O–H groups in total. The first kappa shape index (κ1) is 13.0. The van der Waals surface area contributed by atoms with Crippen LogP contribution in [-0.2, 0) is 6.42 Å². The van der Waals surface area contributed by atoms with Crippen molar-refractivity contribution in [2.75, 3.05) is 5.32 Å². The number of aryl methyl sites for hydroxylation is 1. The molecule has 106 valence electrons. The van der Waals surface area contributed by atoms with E-state index in [4.69, 9.17) is 0 Å². The van der Waals surface area contributed by atoms with Crippen molar-refractivity contribution in [1.29, 1.82) is 0 Å². The Hall–Kier alpha value is -1.65. The third kappa shape index (κ3) is 2.61. The van der Waals surface area contributed by atoms with Gasteiger partial charge in [-0.1, -0.05) is 0 Å². The largest absolute Gasteiger partial charge is 0.378 e. The van der Waals surface area contributed by atoms with Crippen molar-refractivity contribution in [3.8, 4) is 10.6 Å². The molecule has 4 heteroatoms. The number of nitrogens with one attached hydrogen (secondary N) is 1. The molecule has 0 fully saturated rings. The van der Waals surface area contributed by atoms with E-state index in [-0.39, 0.29) is 0 Å². The monoisotopic (exact) mass is 312 g/mol. The molecule has 0 bridgehead atoms. The maximum atomic E-state index is 4.35. The van der Waals surface area contributed by atoms with Gasteiger partial charge in [-0.3, -0.25) is 0 Å². The van der Waals surface area contributed by atoms with Gasteiger partial charge < -0.3 is 5.32 Å². The average Bonchev–Trinajstić information content (AvgIpc) is 3.20. The van der Waals surface area contributed by atoms with Gasteiger partial charge in [-0.05, 0) is 60.5 Å². The van der Waals surface area contributed by atoms with Crippen molar-refractivity contribution < 1.29 is 0 Å². The topological polar surface area (TPSA) is 24.9 Å². The molecule has 3 aromatic rings. The van der Waals surface area contributed by atoms with Crippen LogP contribution in [0.3, 0.4) is 0 Å². The maximum absolute atomic E-state index is 4.35. The highest BCUT2D eigenvalue weighted by atomic mass is 32.1. The fourth-order valence-electron chi connectivity index (χ4n) is 2.91. The number of anilines is 1. The summed E-state index contributed by atoms with van der Waals surface area (Å²) in [6.07, 6.45) is 5.60. The van der Waals surface area contributed by atoms with Gasteiger partial charge in [-0.15, -0.1) is 22.7 Å². The summed E-state index contributed by atoms with van der Waals surface area (Å²) < 4.78 is 0. The van der Waals surface area contributed by atoms with E-state index in [2.05, 4.69) is 46.0 Å². The zero-order valence-electron chi connectivity index (χ0n) is 11.6. The quantitative estimate of drug-likeness (QED) is 0.704. The van der Waals surface area contributed by atoms with Crippen LogP contribution in [0.1, 0.15) is 29.3 Å². The molecule has 0 spiro atoms. The molecule has 0 amide bonds. The van der Waals surface area contributed by atoms with Crippen molar-refractivity contribution >= 4 is 28.4 Å². The summed E-state index contributed by atoms with van der Waals surface area (Å²) in [6.45, 7) is 0. The third-order valence-corrected chi connectivity index (χ3v) is 5.78. The van der Waals surface area contributed by atoms with Gasteiger partial charge in [0, 0.05) is 27.7 Å². The molecule has 0 radical (unpaired) electrons. The number of fused-ring (bicyclic) bond motifs is 1. The van der Waals surface area contributed by atoms with Gasteiger partial charge in [-0.25, -0.2) is 4.98 Å². The fraction of sp³-hybridized carbons (Fsp3) is 0.235. The summed E-state index contributed by atoms with van der Waals surface area (Å²) in [5, 5.41) is 9.00. The van der Waals surface area contributed by atoms with Crippen molar-refractivity contribution in [2.24, 2.45) is 0 Å². The molecule has 1 atom stereocenters. The summed E-state index contributed by atoms with van der Waals surface area (Å²) in [5.41, 5.74) is 3.88. The normalized spacial score (nSPS) is 17.4. The van der Waals surface area contributed by atoms with Crippen molar-refractivity contribution in [2.45, 2.75) is 25.3 Å². The van der Waals surface area contributed by atoms with Gasteiger partial charge in [0.25, 0.3) is 0 Å². The molecule has 2 heterocycles. The van der Waals surface area contributed by atoms with Gasteiger partial charge in [0.2, 0.25) is 0 Å². The molecule has 1 unspecified atom stereocenters. The number of rotatable bonds is 3. The molecule has 0 saturated heterocycles. The molecular formula is C17H16N2S2. The summed E-state index contributed by atoms with van der Waals surface area (Å²) >= 11 is 3.57. The van der Waals surface area contributed by atoms with Crippen molar-refractivity contribution in [3.05, 3.63) is 57.7 Å². The molecule has 1 aliphatic rings. The highest BCUT2D eigenvalue weighted by Gasteiger charge is 2.20. The number of hydrogen-bond donors (Lipinski definition) is 1. The number of benzene rings is 1. The minimum absolute atomic E-state index is 0.464. The van der Waals surface area contributed by atoms with Crippen LogP contribution in [0.25, 0.3) is 10.6 Å². The summed E-state index contributed by atoms with van der Waals surface area (Å²) in [7, 11) is 0. The predicted molar refractivity (Wildman–Crippen MR) is 91.2 cm³/mol. The zero-order chi connectivity index (χ0) is 14.1. The van der Waals surface area contributed by atoms with E-state index >= 15 is 0 Å². The number of hydrogen-bond acceptors (Lipinski definition) is 4. The molecule has 2 aromatic heterocycles. The van der Waals surface area contributed by atoms with E-state index in [1.165, 1.54) is 36.1 Å². The lowest BCUT2D eigenvalue weighted by atomic mass is 9.94. The van der Waals surface area contributed by atoms with E-state index in [0.29, 0.717) is 6.04 Å². The second-order valence-electron chi connectivity index (χ2n) is 5.30. The standard InChI is InChI=1S/C17H16N2S2/c1-2-15(14-8-10-20-16(14)3-1)19-13-6-4-12(5-7-13)17-18-9-11-21-17/h4-11,15,19H,1-3H2. The van der Waals surface area contributed by atoms with E-state index < -0.39 is 0 Å². The average molecular weight is 312 g/mol. The molecule has 1 aromatic carbocycles. The highest BCUT2D eigenvalue weighted by molar-refractivity contribution is 7.13. The summed E-state index contributed by atoms with van der Waals surface area (Å²) in [4.78, 5) is 5.91. The van der Waals surface area contributed by atoms with Crippen LogP contribution >= 0.6 is 22.7 Å². The van der Waals surface area contributed by atoms with Gasteiger partial charge in [0.05, 0.1) is 6.04 Å². The number of thiophene rings is 1. The minimum Gasteiger partial charge on any atom is -0.378 e. The Kier molecular flexibility index (Phi) is 3.49. The molecule has 1 aliphatic carbocycles. The second-order valence-corrected chi connectivity index (χ2v) is 7.20. The van der Waals surface area contributed by atoms with Crippen LogP contribution in [0.15, 0.2) is 47.3 Å². The molecule has 21 heavy (non-hydrogen) atoms. The SMILES string of the molecule is c1csc(-c2ccc(NC3CCCc4sccc43)cc2)n1. The molecule has 0 saturated carbocycles. The van der Waals surface area contributed by atoms with Gasteiger partial charge >= 0.3 is 0 Å². The van der Waals surface area contributed by atoms with Crippen LogP contribution in [0, 0.1) is 0 Å². The Morgan fingerprint density at radius 2 is 1.95 bits per heavy atom. The molecule has 0 aliphatic heterocycles. The summed E-state index contributed by atoms with van der Waals surface area (Å²) in [6, 6.07) is 11.4. The zero-order valence-corrected chi connectivity index (χ0v) is 13.2. The lowest BCUT2D eigenvalue weighted by Gasteiger charge is -2.24. The van der Waals surface area contributed by atoms with Gasteiger partial charge in [-0.2, -0.15) is 0 Å². The van der Waals surface area contributed by atoms with E-state index in [1.54, 1.807) is 16.2 Å². The predicted octanol–water partition coefficient (Wildman–Crippen LogP) is 5.36. The van der Waals surface area contributed by atoms with Crippen LogP contribution in [0.2, 0.25) is 0 Å². The van der Waals surface area contributed by atoms with Gasteiger partial charge in [0.15, 0.2) is 0 Å². The first-order valence-corrected chi connectivity index (χ1v) is 8.99. The lowest BCUT2D eigenvalue weighted by molar-refractivity contribution is 0.609. The van der Waals surface area contributed by atoms with Crippen LogP contribution < -0.4 is 5.32 Å². The maximum Gasteiger partial charge on any atom is 0.123 e. The highest BCUT2D eigenvalue weighted by Crippen LogP contribution is 2.35. The Labute approximate surface area is 132 Å². The Morgan fingerprint density at radius 3 is 2.76 bits per heavy atom. The van der Waals surface area contributed by atoms with E-state index in [1.807, 2.05) is 22.9 Å². The smallest absolute Gasteiger partial charge is 0.123 e. The first-order valence-electron chi connectivity index (χ1n) is 7.23. The van der Waals surface area contributed by atoms with Crippen LogP contribution in [0.4, 0.5) is 5.69 Å². The van der Waals surface area contributed by atoms with Crippen molar-refractivity contribution in [3.63, 3.8) is 0 Å². The van der Waals surface area contributed by atoms with Crippen LogP contribution in [0.5, 0.6) is 0 Å². The van der Waals surface area contributed by atoms with E-state index in [0.717, 1.165) is 5.01 Å². The minimum atomic E-state index is 0.464. The van der Waals surface area contributed by atoms with Crippen molar-refractivity contribution in [1.82, 2.24) is 4.98 Å². The Balaban J connectivity index is 1.54. The second kappa shape index (κ2) is 5.62. The Bertz CT molecular complexity index is 714. The number of aromatic nitrogens is 1. The number of nitrogens with zero attached hydrogens (tertiary/aromatic N) is 1. The van der Waals surface area contributed by atoms with Gasteiger partial charge in [0.1, 0.15) is 5.01 Å². The number of thiazole rings is 1. The van der Waals surface area contributed by atoms with Crippen LogP contribution in [-0.4, -0.2) is 4.98 Å². The molecular weight excluding hydrogens is 296 g/mol. The lowest BCUT2D eigenvalue weighted by Crippen LogP contribution is -2.15. The molecule has 2 nitrogen and oxygen atoms in total. The fourth-order valence-corrected chi connectivity index (χ4v) is 4.54. The third-order valence-electron chi connectivity index (χ3n) is 3.96. The Morgan fingerprint density at radius 1 is 1.05 bits per heavy atom.